The van der Waals surface area contributed by atoms with E-state index in [0.717, 1.165) is 0 Å². The van der Waals surface area contributed by atoms with Crippen molar-refractivity contribution in [3.8, 4) is 5.75 Å². The van der Waals surface area contributed by atoms with Crippen molar-refractivity contribution >= 4 is 23.6 Å². The Labute approximate surface area is 121 Å². The van der Waals surface area contributed by atoms with Crippen LogP contribution in [0.4, 0.5) is 10.5 Å². The Kier molecular flexibility index (Phi) is 5.53. The number of aliphatic carboxylic acids is 1. The molecule has 8 heteroatoms. The fourth-order valence-electron chi connectivity index (χ4n) is 1.73. The van der Waals surface area contributed by atoms with E-state index < -0.39 is 30.4 Å². The van der Waals surface area contributed by atoms with E-state index in [1.54, 1.807) is 19.1 Å². The minimum Gasteiger partial charge on any atom is -0.508 e. The van der Waals surface area contributed by atoms with E-state index in [9.17, 15) is 19.5 Å². The first-order valence-electron chi connectivity index (χ1n) is 6.23. The summed E-state index contributed by atoms with van der Waals surface area (Å²) in [6.07, 6.45) is -0.501. The number of urea groups is 1. The monoisotopic (exact) mass is 295 g/mol. The summed E-state index contributed by atoms with van der Waals surface area (Å²) in [5.41, 5.74) is 5.35. The summed E-state index contributed by atoms with van der Waals surface area (Å²) >= 11 is 0. The topological polar surface area (TPSA) is 133 Å². The van der Waals surface area contributed by atoms with Crippen LogP contribution in [0.15, 0.2) is 24.3 Å². The standard InChI is InChI=1S/C13H17N3O5/c1-2-16(8-4-3-5-9(17)6-8)13(21)15-10(12(19)20)7-11(14)18/h3-6,10,17H,2,7H2,1H3,(H2,14,18)(H,15,21)(H,19,20). The van der Waals surface area contributed by atoms with Crippen LogP contribution in [0.3, 0.4) is 0 Å². The summed E-state index contributed by atoms with van der Waals surface area (Å²) < 4.78 is 0. The van der Waals surface area contributed by atoms with Crippen LogP contribution >= 0.6 is 0 Å². The van der Waals surface area contributed by atoms with Gasteiger partial charge in [-0.3, -0.25) is 9.69 Å². The predicted molar refractivity (Wildman–Crippen MR) is 74.9 cm³/mol. The fraction of sp³-hybridized carbons (Fsp3) is 0.308. The molecule has 0 aliphatic carbocycles. The van der Waals surface area contributed by atoms with E-state index in [1.807, 2.05) is 0 Å². The van der Waals surface area contributed by atoms with Gasteiger partial charge in [-0.05, 0) is 19.1 Å². The highest BCUT2D eigenvalue weighted by Crippen LogP contribution is 2.20. The van der Waals surface area contributed by atoms with Crippen molar-refractivity contribution in [2.75, 3.05) is 11.4 Å². The van der Waals surface area contributed by atoms with Crippen molar-refractivity contribution in [1.82, 2.24) is 5.32 Å². The number of nitrogens with two attached hydrogens (primary N) is 1. The summed E-state index contributed by atoms with van der Waals surface area (Å²) in [7, 11) is 0. The molecule has 0 spiro atoms. The van der Waals surface area contributed by atoms with Gasteiger partial charge < -0.3 is 21.3 Å². The van der Waals surface area contributed by atoms with Gasteiger partial charge in [-0.25, -0.2) is 9.59 Å². The molecule has 0 radical (unpaired) electrons. The van der Waals surface area contributed by atoms with E-state index >= 15 is 0 Å². The number of anilines is 1. The third kappa shape index (κ3) is 4.68. The molecule has 1 unspecified atom stereocenters. The van der Waals surface area contributed by atoms with Crippen LogP contribution in [0.2, 0.25) is 0 Å². The van der Waals surface area contributed by atoms with Crippen LogP contribution in [0.5, 0.6) is 5.75 Å². The molecule has 114 valence electrons. The Morgan fingerprint density at radius 3 is 2.52 bits per heavy atom. The van der Waals surface area contributed by atoms with Crippen LogP contribution in [-0.2, 0) is 9.59 Å². The lowest BCUT2D eigenvalue weighted by Crippen LogP contribution is -2.49. The highest BCUT2D eigenvalue weighted by Gasteiger charge is 2.25. The molecule has 0 heterocycles. The van der Waals surface area contributed by atoms with Crippen LogP contribution in [0, 0.1) is 0 Å². The molecule has 1 aromatic carbocycles. The lowest BCUT2D eigenvalue weighted by Gasteiger charge is -2.23. The predicted octanol–water partition coefficient (Wildman–Crippen LogP) is 0.257. The molecule has 8 nitrogen and oxygen atoms in total. The Bertz CT molecular complexity index is 546. The van der Waals surface area contributed by atoms with Crippen molar-refractivity contribution in [1.29, 1.82) is 0 Å². The molecule has 0 aliphatic heterocycles. The average Bonchev–Trinajstić information content (AvgIpc) is 2.38. The first-order chi connectivity index (χ1) is 9.85. The van der Waals surface area contributed by atoms with Crippen molar-refractivity contribution in [3.63, 3.8) is 0 Å². The Morgan fingerprint density at radius 1 is 1.38 bits per heavy atom. The van der Waals surface area contributed by atoms with Gasteiger partial charge in [0.2, 0.25) is 5.91 Å². The molecular formula is C13H17N3O5. The zero-order valence-corrected chi connectivity index (χ0v) is 11.4. The number of carbonyl (C=O) groups is 3. The summed E-state index contributed by atoms with van der Waals surface area (Å²) in [6, 6.07) is 3.86. The van der Waals surface area contributed by atoms with E-state index in [-0.39, 0.29) is 12.3 Å². The SMILES string of the molecule is CCN(C(=O)NC(CC(N)=O)C(=O)O)c1cccc(O)c1. The molecule has 5 N–H and O–H groups in total. The van der Waals surface area contributed by atoms with E-state index in [1.165, 1.54) is 17.0 Å². The Balaban J connectivity index is 2.88. The zero-order chi connectivity index (χ0) is 16.0. The molecule has 1 aromatic rings. The summed E-state index contributed by atoms with van der Waals surface area (Å²) in [4.78, 5) is 35.1. The number of primary amides is 1. The normalized spacial score (nSPS) is 11.5. The van der Waals surface area contributed by atoms with Crippen molar-refractivity contribution < 1.29 is 24.6 Å². The number of rotatable bonds is 6. The van der Waals surface area contributed by atoms with Gasteiger partial charge in [-0.1, -0.05) is 6.07 Å². The number of carboxylic acids is 1. The molecule has 0 bridgehead atoms. The van der Waals surface area contributed by atoms with Gasteiger partial charge >= 0.3 is 12.0 Å². The van der Waals surface area contributed by atoms with Crippen LogP contribution < -0.4 is 16.0 Å². The van der Waals surface area contributed by atoms with E-state index in [2.05, 4.69) is 5.32 Å². The summed E-state index contributed by atoms with van der Waals surface area (Å²) in [5.74, 6) is -2.21. The van der Waals surface area contributed by atoms with E-state index in [4.69, 9.17) is 10.8 Å². The van der Waals surface area contributed by atoms with Gasteiger partial charge in [0.15, 0.2) is 0 Å². The first-order valence-corrected chi connectivity index (χ1v) is 6.23. The van der Waals surface area contributed by atoms with Gasteiger partial charge in [0.25, 0.3) is 0 Å². The maximum atomic E-state index is 12.1. The molecule has 0 aliphatic rings. The zero-order valence-electron chi connectivity index (χ0n) is 11.4. The number of hydrogen-bond donors (Lipinski definition) is 4. The molecular weight excluding hydrogens is 278 g/mol. The first kappa shape index (κ1) is 16.3. The number of amides is 3. The molecule has 1 rings (SSSR count). The van der Waals surface area contributed by atoms with Crippen molar-refractivity contribution in [2.45, 2.75) is 19.4 Å². The fourth-order valence-corrected chi connectivity index (χ4v) is 1.73. The van der Waals surface area contributed by atoms with Crippen molar-refractivity contribution in [2.24, 2.45) is 5.73 Å². The highest BCUT2D eigenvalue weighted by atomic mass is 16.4. The molecule has 1 atom stereocenters. The van der Waals surface area contributed by atoms with Gasteiger partial charge in [0, 0.05) is 18.3 Å². The number of aromatic hydroxyl groups is 1. The minimum atomic E-state index is -1.40. The molecule has 0 saturated heterocycles. The van der Waals surface area contributed by atoms with Gasteiger partial charge in [-0.2, -0.15) is 0 Å². The van der Waals surface area contributed by atoms with Crippen molar-refractivity contribution in [3.05, 3.63) is 24.3 Å². The summed E-state index contributed by atoms with van der Waals surface area (Å²) in [5, 5.41) is 20.6. The third-order valence-electron chi connectivity index (χ3n) is 2.70. The number of hydrogen-bond acceptors (Lipinski definition) is 4. The molecule has 0 aromatic heterocycles. The number of phenolic OH excluding ortho intramolecular Hbond substituents is 1. The van der Waals surface area contributed by atoms with Gasteiger partial charge in [0.1, 0.15) is 11.8 Å². The lowest BCUT2D eigenvalue weighted by atomic mass is 10.2. The third-order valence-corrected chi connectivity index (χ3v) is 2.70. The number of phenols is 1. The maximum absolute atomic E-state index is 12.1. The highest BCUT2D eigenvalue weighted by molar-refractivity contribution is 5.95. The largest absolute Gasteiger partial charge is 0.508 e. The molecule has 0 saturated carbocycles. The number of benzene rings is 1. The summed E-state index contributed by atoms with van der Waals surface area (Å²) in [6.45, 7) is 1.94. The molecule has 0 fully saturated rings. The quantitative estimate of drug-likeness (QED) is 0.597. The lowest BCUT2D eigenvalue weighted by molar-refractivity contribution is -0.140. The number of nitrogens with zero attached hydrogens (tertiary/aromatic N) is 1. The average molecular weight is 295 g/mol. The second-order valence-corrected chi connectivity index (χ2v) is 4.27. The number of nitrogens with one attached hydrogen (secondary N) is 1. The molecule has 21 heavy (non-hydrogen) atoms. The second kappa shape index (κ2) is 7.13. The molecule has 3 amide bonds. The Hall–Kier alpha value is -2.77. The Morgan fingerprint density at radius 2 is 2.05 bits per heavy atom. The van der Waals surface area contributed by atoms with Crippen LogP contribution in [0.1, 0.15) is 13.3 Å². The van der Waals surface area contributed by atoms with Crippen LogP contribution in [0.25, 0.3) is 0 Å². The minimum absolute atomic E-state index is 0.0225. The van der Waals surface area contributed by atoms with Gasteiger partial charge in [0.05, 0.1) is 6.42 Å². The van der Waals surface area contributed by atoms with Gasteiger partial charge in [-0.15, -0.1) is 0 Å². The smallest absolute Gasteiger partial charge is 0.326 e. The van der Waals surface area contributed by atoms with Crippen LogP contribution in [-0.4, -0.2) is 40.7 Å². The maximum Gasteiger partial charge on any atom is 0.326 e. The van der Waals surface area contributed by atoms with E-state index in [0.29, 0.717) is 5.69 Å². The second-order valence-electron chi connectivity index (χ2n) is 4.27. The number of carbonyl (C=O) groups excluding carboxylic acids is 2. The number of carboxylic acid groups (broad SMARTS) is 1.